The van der Waals surface area contributed by atoms with Crippen LogP contribution in [0.15, 0.2) is 41.7 Å². The molecule has 20 heavy (non-hydrogen) atoms. The Kier molecular flexibility index (Phi) is 4.63. The van der Waals surface area contributed by atoms with Gasteiger partial charge in [0.1, 0.15) is 11.4 Å². The lowest BCUT2D eigenvalue weighted by Gasteiger charge is -2.13. The molecule has 0 unspecified atom stereocenters. The fraction of sp³-hybridized carbons (Fsp3) is 0.267. The Morgan fingerprint density at radius 1 is 1.15 bits per heavy atom. The quantitative estimate of drug-likeness (QED) is 0.637. The Hall–Kier alpha value is -2.01. The Labute approximate surface area is 121 Å². The normalized spacial score (nSPS) is 11.8. The predicted octanol–water partition coefficient (Wildman–Crippen LogP) is 3.56. The predicted molar refractivity (Wildman–Crippen MR) is 83.2 cm³/mol. The van der Waals surface area contributed by atoms with Crippen LogP contribution in [0, 0.1) is 6.92 Å². The molecule has 1 aromatic carbocycles. The van der Waals surface area contributed by atoms with Crippen molar-refractivity contribution in [3.8, 4) is 5.75 Å². The third-order valence-electron chi connectivity index (χ3n) is 2.68. The van der Waals surface area contributed by atoms with Gasteiger partial charge in [-0.2, -0.15) is 0 Å². The summed E-state index contributed by atoms with van der Waals surface area (Å²) in [5, 5.41) is 0. The largest absolute Gasteiger partial charge is 0.541 e. The standard InChI is InChI=1S/C15H18N3OSi/c1-11-7-5-8-13(19-20(3)4)14(11)18-12(2)15-16-9-6-10-17-15/h5-10H,1-4H3. The highest BCUT2D eigenvalue weighted by Gasteiger charge is 2.10. The molecule has 2 rings (SSSR count). The molecule has 0 amide bonds. The van der Waals surface area contributed by atoms with Gasteiger partial charge in [-0.15, -0.1) is 0 Å². The number of nitrogens with zero attached hydrogens (tertiary/aromatic N) is 3. The molecule has 0 fully saturated rings. The molecule has 0 aliphatic heterocycles. The van der Waals surface area contributed by atoms with Gasteiger partial charge >= 0.3 is 0 Å². The number of hydrogen-bond acceptors (Lipinski definition) is 4. The molecule has 1 heterocycles. The summed E-state index contributed by atoms with van der Waals surface area (Å²) in [6.45, 7) is 8.15. The summed E-state index contributed by atoms with van der Waals surface area (Å²) < 4.78 is 5.92. The van der Waals surface area contributed by atoms with Gasteiger partial charge in [-0.05, 0) is 44.6 Å². The lowest BCUT2D eigenvalue weighted by Crippen LogP contribution is -2.11. The van der Waals surface area contributed by atoms with Crippen LogP contribution in [0.5, 0.6) is 5.75 Å². The fourth-order valence-electron chi connectivity index (χ4n) is 1.78. The van der Waals surface area contributed by atoms with Crippen molar-refractivity contribution in [2.45, 2.75) is 26.9 Å². The summed E-state index contributed by atoms with van der Waals surface area (Å²) in [5.41, 5.74) is 2.73. The first kappa shape index (κ1) is 14.4. The molecule has 0 saturated carbocycles. The van der Waals surface area contributed by atoms with Crippen LogP contribution in [0.25, 0.3) is 0 Å². The topological polar surface area (TPSA) is 47.4 Å². The Morgan fingerprint density at radius 2 is 1.85 bits per heavy atom. The van der Waals surface area contributed by atoms with E-state index in [2.05, 4.69) is 28.1 Å². The van der Waals surface area contributed by atoms with Gasteiger partial charge in [0.15, 0.2) is 5.82 Å². The molecule has 1 aromatic heterocycles. The lowest BCUT2D eigenvalue weighted by molar-refractivity contribution is 0.581. The molecule has 0 saturated heterocycles. The van der Waals surface area contributed by atoms with Crippen LogP contribution in [-0.2, 0) is 0 Å². The van der Waals surface area contributed by atoms with Crippen molar-refractivity contribution in [3.05, 3.63) is 48.0 Å². The maximum absolute atomic E-state index is 5.92. The van der Waals surface area contributed by atoms with Gasteiger partial charge in [-0.3, -0.25) is 0 Å². The molecule has 1 radical (unpaired) electrons. The van der Waals surface area contributed by atoms with Crippen LogP contribution >= 0.6 is 0 Å². The number of aryl methyl sites for hydroxylation is 1. The van der Waals surface area contributed by atoms with Gasteiger partial charge in [0, 0.05) is 12.4 Å². The molecule has 0 aliphatic carbocycles. The first-order valence-electron chi connectivity index (χ1n) is 6.48. The average molecular weight is 284 g/mol. The van der Waals surface area contributed by atoms with Crippen molar-refractivity contribution in [2.24, 2.45) is 4.99 Å². The van der Waals surface area contributed by atoms with E-state index >= 15 is 0 Å². The molecule has 0 spiro atoms. The van der Waals surface area contributed by atoms with E-state index in [0.29, 0.717) is 5.82 Å². The van der Waals surface area contributed by atoms with Crippen LogP contribution in [0.2, 0.25) is 13.1 Å². The zero-order valence-corrected chi connectivity index (χ0v) is 13.2. The van der Waals surface area contributed by atoms with Gasteiger partial charge in [0.2, 0.25) is 0 Å². The number of hydrogen-bond donors (Lipinski definition) is 0. The van der Waals surface area contributed by atoms with Crippen molar-refractivity contribution in [1.29, 1.82) is 0 Å². The maximum atomic E-state index is 5.92. The molecule has 5 heteroatoms. The summed E-state index contributed by atoms with van der Waals surface area (Å²) in [7, 11) is -0.825. The summed E-state index contributed by atoms with van der Waals surface area (Å²) in [4.78, 5) is 13.1. The lowest BCUT2D eigenvalue weighted by atomic mass is 10.2. The van der Waals surface area contributed by atoms with Gasteiger partial charge in [-0.25, -0.2) is 15.0 Å². The monoisotopic (exact) mass is 284 g/mol. The van der Waals surface area contributed by atoms with E-state index in [-0.39, 0.29) is 0 Å². The first-order chi connectivity index (χ1) is 9.58. The van der Waals surface area contributed by atoms with E-state index in [0.717, 1.165) is 22.7 Å². The molecule has 0 aliphatic rings. The molecule has 0 N–H and O–H groups in total. The number of aliphatic imine (C=N–C) groups is 1. The van der Waals surface area contributed by atoms with Crippen LogP contribution < -0.4 is 4.43 Å². The van der Waals surface area contributed by atoms with Crippen LogP contribution in [0.4, 0.5) is 5.69 Å². The van der Waals surface area contributed by atoms with E-state index in [9.17, 15) is 0 Å². The Balaban J connectivity index is 2.42. The molecule has 4 nitrogen and oxygen atoms in total. The SMILES string of the molecule is CC(=Nc1c(C)cccc1O[Si](C)C)c1ncccn1. The Bertz CT molecular complexity index is 612. The summed E-state index contributed by atoms with van der Waals surface area (Å²) in [6.07, 6.45) is 3.44. The molecule has 0 atom stereocenters. The zero-order valence-electron chi connectivity index (χ0n) is 12.2. The third kappa shape index (κ3) is 3.51. The molecule has 103 valence electrons. The third-order valence-corrected chi connectivity index (χ3v) is 3.31. The van der Waals surface area contributed by atoms with Gasteiger partial charge < -0.3 is 4.43 Å². The summed E-state index contributed by atoms with van der Waals surface area (Å²) in [5.74, 6) is 1.47. The second-order valence-electron chi connectivity index (χ2n) is 4.70. The number of para-hydroxylation sites is 1. The second kappa shape index (κ2) is 6.43. The van der Waals surface area contributed by atoms with E-state index in [1.807, 2.05) is 32.0 Å². The first-order valence-corrected chi connectivity index (χ1v) is 8.89. The molecular weight excluding hydrogens is 266 g/mol. The fourth-order valence-corrected chi connectivity index (χ4v) is 2.39. The van der Waals surface area contributed by atoms with E-state index in [1.165, 1.54) is 0 Å². The van der Waals surface area contributed by atoms with Crippen molar-refractivity contribution in [3.63, 3.8) is 0 Å². The van der Waals surface area contributed by atoms with E-state index in [4.69, 9.17) is 4.43 Å². The van der Waals surface area contributed by atoms with Crippen molar-refractivity contribution >= 4 is 20.4 Å². The maximum Gasteiger partial charge on any atom is 0.274 e. The van der Waals surface area contributed by atoms with E-state index in [1.54, 1.807) is 18.5 Å². The van der Waals surface area contributed by atoms with E-state index < -0.39 is 9.04 Å². The Morgan fingerprint density at radius 3 is 2.50 bits per heavy atom. The van der Waals surface area contributed by atoms with Gasteiger partial charge in [-0.1, -0.05) is 12.1 Å². The average Bonchev–Trinajstić information content (AvgIpc) is 2.43. The van der Waals surface area contributed by atoms with Crippen LogP contribution in [0.1, 0.15) is 18.3 Å². The molecular formula is C15H18N3OSi. The smallest absolute Gasteiger partial charge is 0.274 e. The highest BCUT2D eigenvalue weighted by Crippen LogP contribution is 2.32. The van der Waals surface area contributed by atoms with Crippen LogP contribution in [0.3, 0.4) is 0 Å². The minimum Gasteiger partial charge on any atom is -0.541 e. The highest BCUT2D eigenvalue weighted by molar-refractivity contribution is 6.49. The number of rotatable bonds is 4. The van der Waals surface area contributed by atoms with Crippen LogP contribution in [-0.4, -0.2) is 24.7 Å². The van der Waals surface area contributed by atoms with Crippen molar-refractivity contribution in [2.75, 3.05) is 0 Å². The summed E-state index contributed by atoms with van der Waals surface area (Å²) >= 11 is 0. The molecule has 2 aromatic rings. The minimum absolute atomic E-state index is 0.639. The second-order valence-corrected chi connectivity index (χ2v) is 6.72. The zero-order chi connectivity index (χ0) is 14.5. The summed E-state index contributed by atoms with van der Waals surface area (Å²) in [6, 6.07) is 7.77. The molecule has 0 bridgehead atoms. The highest BCUT2D eigenvalue weighted by atomic mass is 28.3. The van der Waals surface area contributed by atoms with Crippen molar-refractivity contribution in [1.82, 2.24) is 9.97 Å². The van der Waals surface area contributed by atoms with Gasteiger partial charge in [0.05, 0.1) is 5.71 Å². The van der Waals surface area contributed by atoms with Gasteiger partial charge in [0.25, 0.3) is 9.04 Å². The minimum atomic E-state index is -0.825. The van der Waals surface area contributed by atoms with Crippen molar-refractivity contribution < 1.29 is 4.43 Å². The number of aromatic nitrogens is 2. The number of benzene rings is 1.